The summed E-state index contributed by atoms with van der Waals surface area (Å²) >= 11 is 0. The SMILES string of the molecule is CC(C)=S(C)(=O)c1cccc(Nc2ccc3c(n2)N(C2CCOCC2)C(C)C(=O)N3C)c1. The van der Waals surface area contributed by atoms with Crippen LogP contribution in [-0.4, -0.2) is 58.6 Å². The maximum absolute atomic E-state index is 13.1. The number of carbonyl (C=O) groups is 1. The van der Waals surface area contributed by atoms with Crippen LogP contribution < -0.4 is 15.1 Å². The molecule has 1 aromatic carbocycles. The molecule has 0 spiro atoms. The molecule has 0 aliphatic carbocycles. The molecule has 1 aromatic heterocycles. The number of benzene rings is 1. The standard InChI is InChI=1S/C24H32N4O3S/c1-16(2)32(5,30)20-8-6-7-18(15-20)25-22-10-9-21-23(26-22)28(17(3)24(29)27(21)4)19-11-13-31-14-12-19/h6-10,15,17,19H,11-14H2,1-5H3,(H,25,26). The van der Waals surface area contributed by atoms with Crippen molar-refractivity contribution in [3.8, 4) is 0 Å². The number of ether oxygens (including phenoxy) is 1. The highest BCUT2D eigenvalue weighted by atomic mass is 32.2. The van der Waals surface area contributed by atoms with E-state index in [-0.39, 0.29) is 18.0 Å². The minimum absolute atomic E-state index is 0.0723. The molecule has 1 amide bonds. The molecular weight excluding hydrogens is 424 g/mol. The molecule has 4 rings (SSSR count). The van der Waals surface area contributed by atoms with E-state index in [2.05, 4.69) is 10.2 Å². The summed E-state index contributed by atoms with van der Waals surface area (Å²) in [5.74, 6) is 1.57. The Balaban J connectivity index is 1.70. The van der Waals surface area contributed by atoms with Crippen LogP contribution in [0.2, 0.25) is 0 Å². The first-order valence-electron chi connectivity index (χ1n) is 11.0. The molecule has 2 aromatic rings. The van der Waals surface area contributed by atoms with Crippen molar-refractivity contribution in [3.05, 3.63) is 36.4 Å². The van der Waals surface area contributed by atoms with Crippen LogP contribution in [0.25, 0.3) is 0 Å². The normalized spacial score (nSPS) is 21.2. The van der Waals surface area contributed by atoms with E-state index in [1.165, 1.54) is 0 Å². The first-order valence-corrected chi connectivity index (χ1v) is 13.0. The van der Waals surface area contributed by atoms with Crippen molar-refractivity contribution < 1.29 is 13.7 Å². The summed E-state index contributed by atoms with van der Waals surface area (Å²) in [6, 6.07) is 11.4. The Morgan fingerprint density at radius 1 is 1.19 bits per heavy atom. The third-order valence-electron chi connectivity index (χ3n) is 6.49. The highest BCUT2D eigenvalue weighted by Crippen LogP contribution is 2.38. The van der Waals surface area contributed by atoms with Gasteiger partial charge in [0.2, 0.25) is 5.91 Å². The van der Waals surface area contributed by atoms with Gasteiger partial charge in [0.15, 0.2) is 5.82 Å². The first kappa shape index (κ1) is 22.6. The average Bonchev–Trinajstić information content (AvgIpc) is 2.78. The predicted molar refractivity (Wildman–Crippen MR) is 132 cm³/mol. The molecule has 3 heterocycles. The van der Waals surface area contributed by atoms with Crippen LogP contribution in [0.4, 0.5) is 23.0 Å². The van der Waals surface area contributed by atoms with Crippen molar-refractivity contribution in [2.75, 3.05) is 41.6 Å². The lowest BCUT2D eigenvalue weighted by Crippen LogP contribution is -2.56. The highest BCUT2D eigenvalue weighted by molar-refractivity contribution is 8.01. The number of rotatable bonds is 4. The fourth-order valence-electron chi connectivity index (χ4n) is 4.32. The number of fused-ring (bicyclic) bond motifs is 1. The van der Waals surface area contributed by atoms with Gasteiger partial charge in [0, 0.05) is 43.1 Å². The molecule has 1 N–H and O–H groups in total. The Bertz CT molecular complexity index is 1150. The second-order valence-electron chi connectivity index (χ2n) is 8.77. The van der Waals surface area contributed by atoms with Crippen molar-refractivity contribution in [2.24, 2.45) is 0 Å². The van der Waals surface area contributed by atoms with Gasteiger partial charge in [0.25, 0.3) is 0 Å². The first-order chi connectivity index (χ1) is 15.2. The van der Waals surface area contributed by atoms with Gasteiger partial charge in [-0.2, -0.15) is 0 Å². The Morgan fingerprint density at radius 2 is 1.91 bits per heavy atom. The number of hydrogen-bond acceptors (Lipinski definition) is 6. The number of hydrogen-bond donors (Lipinski definition) is 1. The van der Waals surface area contributed by atoms with Gasteiger partial charge in [-0.1, -0.05) is 6.07 Å². The molecule has 172 valence electrons. The number of nitrogens with zero attached hydrogens (tertiary/aromatic N) is 3. The van der Waals surface area contributed by atoms with Crippen molar-refractivity contribution in [3.63, 3.8) is 0 Å². The lowest BCUT2D eigenvalue weighted by atomic mass is 10.0. The zero-order valence-corrected chi connectivity index (χ0v) is 20.2. The smallest absolute Gasteiger partial charge is 0.249 e. The Morgan fingerprint density at radius 3 is 2.59 bits per heavy atom. The molecule has 0 radical (unpaired) electrons. The van der Waals surface area contributed by atoms with E-state index in [9.17, 15) is 9.00 Å². The molecule has 1 saturated heterocycles. The van der Waals surface area contributed by atoms with Crippen LogP contribution in [-0.2, 0) is 19.1 Å². The van der Waals surface area contributed by atoms with Crippen LogP contribution in [0.15, 0.2) is 41.3 Å². The molecule has 2 unspecified atom stereocenters. The highest BCUT2D eigenvalue weighted by Gasteiger charge is 2.39. The fourth-order valence-corrected chi connectivity index (χ4v) is 5.48. The molecular formula is C24H32N4O3S. The van der Waals surface area contributed by atoms with Gasteiger partial charge in [0.05, 0.1) is 5.69 Å². The van der Waals surface area contributed by atoms with Crippen LogP contribution >= 0.6 is 0 Å². The minimum atomic E-state index is -2.21. The molecule has 0 saturated carbocycles. The van der Waals surface area contributed by atoms with Crippen molar-refractivity contribution in [2.45, 2.75) is 50.6 Å². The number of carbonyl (C=O) groups excluding carboxylic acids is 1. The Hall–Kier alpha value is -2.58. The minimum Gasteiger partial charge on any atom is -0.381 e. The number of aromatic nitrogens is 1. The predicted octanol–water partition coefficient (Wildman–Crippen LogP) is 3.66. The summed E-state index contributed by atoms with van der Waals surface area (Å²) in [6.45, 7) is 7.14. The second kappa shape index (κ2) is 8.75. The summed E-state index contributed by atoms with van der Waals surface area (Å²) in [4.78, 5) is 23.4. The van der Waals surface area contributed by atoms with E-state index >= 15 is 0 Å². The van der Waals surface area contributed by atoms with Crippen LogP contribution in [0.3, 0.4) is 0 Å². The lowest BCUT2D eigenvalue weighted by molar-refractivity contribution is -0.119. The molecule has 32 heavy (non-hydrogen) atoms. The average molecular weight is 457 g/mol. The summed E-state index contributed by atoms with van der Waals surface area (Å²) in [6.07, 6.45) is 3.53. The molecule has 2 aliphatic heterocycles. The van der Waals surface area contributed by atoms with Crippen molar-refractivity contribution in [1.82, 2.24) is 4.98 Å². The maximum Gasteiger partial charge on any atom is 0.249 e. The maximum atomic E-state index is 13.1. The van der Waals surface area contributed by atoms with Gasteiger partial charge in [0.1, 0.15) is 11.9 Å². The topological polar surface area (TPSA) is 74.8 Å². The lowest BCUT2D eigenvalue weighted by Gasteiger charge is -2.44. The zero-order valence-electron chi connectivity index (χ0n) is 19.4. The largest absolute Gasteiger partial charge is 0.381 e. The summed E-state index contributed by atoms with van der Waals surface area (Å²) in [5, 5.41) is 3.37. The van der Waals surface area contributed by atoms with Gasteiger partial charge in [-0.15, -0.1) is 0 Å². The van der Waals surface area contributed by atoms with Gasteiger partial charge >= 0.3 is 0 Å². The molecule has 0 bridgehead atoms. The van der Waals surface area contributed by atoms with Gasteiger partial charge in [-0.3, -0.25) is 9.00 Å². The molecule has 1 fully saturated rings. The molecule has 7 nitrogen and oxygen atoms in total. The van der Waals surface area contributed by atoms with E-state index < -0.39 is 9.52 Å². The van der Waals surface area contributed by atoms with Crippen LogP contribution in [0, 0.1) is 0 Å². The van der Waals surface area contributed by atoms with E-state index in [1.54, 1.807) is 18.2 Å². The van der Waals surface area contributed by atoms with E-state index in [1.807, 2.05) is 57.2 Å². The number of pyridine rings is 1. The quantitative estimate of drug-likeness (QED) is 0.708. The van der Waals surface area contributed by atoms with Gasteiger partial charge in [-0.05, 0) is 78.3 Å². The number of amides is 1. The zero-order chi connectivity index (χ0) is 23.0. The van der Waals surface area contributed by atoms with Crippen molar-refractivity contribution >= 4 is 43.3 Å². The van der Waals surface area contributed by atoms with E-state index in [0.717, 1.165) is 39.8 Å². The third kappa shape index (κ3) is 4.09. The molecule has 2 aliphatic rings. The summed E-state index contributed by atoms with van der Waals surface area (Å²) < 4.78 is 18.6. The van der Waals surface area contributed by atoms with Gasteiger partial charge in [-0.25, -0.2) is 4.98 Å². The molecule has 2 atom stereocenters. The molecule has 8 heteroatoms. The van der Waals surface area contributed by atoms with Crippen LogP contribution in [0.5, 0.6) is 0 Å². The number of likely N-dealkylation sites (N-methyl/N-ethyl adjacent to an activating group) is 1. The monoisotopic (exact) mass is 456 g/mol. The van der Waals surface area contributed by atoms with E-state index in [0.29, 0.717) is 19.0 Å². The van der Waals surface area contributed by atoms with E-state index in [4.69, 9.17) is 9.72 Å². The summed E-state index contributed by atoms with van der Waals surface area (Å²) in [7, 11) is -0.404. The fraction of sp³-hybridized carbons (Fsp3) is 0.458. The Labute approximate surface area is 190 Å². The number of nitrogens with one attached hydrogen (secondary N) is 1. The Kier molecular flexibility index (Phi) is 6.18. The van der Waals surface area contributed by atoms with Crippen molar-refractivity contribution in [1.29, 1.82) is 0 Å². The van der Waals surface area contributed by atoms with Crippen LogP contribution in [0.1, 0.15) is 33.6 Å². The van der Waals surface area contributed by atoms with Gasteiger partial charge < -0.3 is 19.9 Å². The third-order valence-corrected chi connectivity index (χ3v) is 9.20. The number of anilines is 4. The summed E-state index contributed by atoms with van der Waals surface area (Å²) in [5.41, 5.74) is 1.64. The second-order valence-corrected chi connectivity index (χ2v) is 11.7.